The smallest absolute Gasteiger partial charge is 0.227 e. The molecule has 1 saturated heterocycles. The number of rotatable bonds is 7. The zero-order valence-corrected chi connectivity index (χ0v) is 17.2. The van der Waals surface area contributed by atoms with E-state index in [4.69, 9.17) is 9.47 Å². The molecule has 0 bridgehead atoms. The first-order valence-electron chi connectivity index (χ1n) is 8.31. The van der Waals surface area contributed by atoms with E-state index in [0.29, 0.717) is 31.1 Å². The van der Waals surface area contributed by atoms with Crippen LogP contribution in [0.25, 0.3) is 0 Å². The molecule has 1 aliphatic heterocycles. The van der Waals surface area contributed by atoms with Crippen molar-refractivity contribution >= 4 is 31.7 Å². The number of carbonyl (C=O) groups is 1. The van der Waals surface area contributed by atoms with Crippen LogP contribution in [-0.2, 0) is 21.1 Å². The number of benzene rings is 1. The van der Waals surface area contributed by atoms with Crippen LogP contribution in [0.4, 0.5) is 0 Å². The fourth-order valence-electron chi connectivity index (χ4n) is 2.82. The Balaban J connectivity index is 2.15. The summed E-state index contributed by atoms with van der Waals surface area (Å²) in [4.78, 5) is 14.1. The third-order valence-electron chi connectivity index (χ3n) is 4.20. The summed E-state index contributed by atoms with van der Waals surface area (Å²) in [5.74, 6) is 1.30. The summed E-state index contributed by atoms with van der Waals surface area (Å²) in [7, 11) is -1.35. The normalized spacial score (nSPS) is 18.8. The molecule has 1 atom stereocenters. The average Bonchev–Trinajstić information content (AvgIpc) is 2.91. The van der Waals surface area contributed by atoms with Gasteiger partial charge in [-0.3, -0.25) is 4.79 Å². The quantitative estimate of drug-likeness (QED) is 0.659. The van der Waals surface area contributed by atoms with E-state index in [1.807, 2.05) is 13.8 Å². The van der Waals surface area contributed by atoms with Crippen molar-refractivity contribution < 1.29 is 22.7 Å². The highest BCUT2D eigenvalue weighted by Gasteiger charge is 2.32. The predicted octanol–water partition coefficient (Wildman–Crippen LogP) is 2.43. The second kappa shape index (κ2) is 8.40. The predicted molar refractivity (Wildman–Crippen MR) is 100 cm³/mol. The van der Waals surface area contributed by atoms with E-state index in [0.717, 1.165) is 10.0 Å². The molecule has 0 unspecified atom stereocenters. The standard InChI is InChI=1S/C17H24BrNO5S/c1-4-23-15-8-12(14(18)10-16(15)24-5-2)9-17(20)19(3)13-6-7-25(21,22)11-13/h8,10,13H,4-7,9,11H2,1-3H3/t13-/m1/s1. The van der Waals surface area contributed by atoms with Crippen LogP contribution in [0.1, 0.15) is 25.8 Å². The molecule has 0 aromatic heterocycles. The van der Waals surface area contributed by atoms with E-state index in [-0.39, 0.29) is 29.9 Å². The zero-order chi connectivity index (χ0) is 18.6. The number of sulfone groups is 1. The fraction of sp³-hybridized carbons (Fsp3) is 0.588. The molecule has 0 N–H and O–H groups in total. The van der Waals surface area contributed by atoms with Crippen LogP contribution >= 0.6 is 15.9 Å². The van der Waals surface area contributed by atoms with Crippen LogP contribution in [0.15, 0.2) is 16.6 Å². The molecule has 1 heterocycles. The second-order valence-electron chi connectivity index (χ2n) is 5.99. The van der Waals surface area contributed by atoms with Crippen LogP contribution in [-0.4, -0.2) is 57.0 Å². The molecule has 2 rings (SSSR count). The SMILES string of the molecule is CCOc1cc(Br)c(CC(=O)N(C)[C@@H]2CCS(=O)(=O)C2)cc1OCC. The van der Waals surface area contributed by atoms with Gasteiger partial charge < -0.3 is 14.4 Å². The van der Waals surface area contributed by atoms with Gasteiger partial charge in [-0.2, -0.15) is 0 Å². The molecule has 0 saturated carbocycles. The number of hydrogen-bond acceptors (Lipinski definition) is 5. The molecular formula is C17H24BrNO5S. The molecule has 1 aliphatic rings. The van der Waals surface area contributed by atoms with Gasteiger partial charge in [-0.05, 0) is 38.0 Å². The molecule has 1 aromatic carbocycles. The van der Waals surface area contributed by atoms with Gasteiger partial charge in [0.25, 0.3) is 0 Å². The van der Waals surface area contributed by atoms with Gasteiger partial charge >= 0.3 is 0 Å². The second-order valence-corrected chi connectivity index (χ2v) is 9.08. The summed E-state index contributed by atoms with van der Waals surface area (Å²) in [6, 6.07) is 3.36. The van der Waals surface area contributed by atoms with Crippen molar-refractivity contribution in [2.75, 3.05) is 31.8 Å². The molecule has 25 heavy (non-hydrogen) atoms. The van der Waals surface area contributed by atoms with E-state index in [2.05, 4.69) is 15.9 Å². The minimum Gasteiger partial charge on any atom is -0.490 e. The number of halogens is 1. The maximum Gasteiger partial charge on any atom is 0.227 e. The lowest BCUT2D eigenvalue weighted by Crippen LogP contribution is -2.38. The first-order chi connectivity index (χ1) is 11.8. The molecule has 8 heteroatoms. The monoisotopic (exact) mass is 433 g/mol. The Hall–Kier alpha value is -1.28. The van der Waals surface area contributed by atoms with Gasteiger partial charge in [0.15, 0.2) is 21.3 Å². The Bertz CT molecular complexity index is 735. The summed E-state index contributed by atoms with van der Waals surface area (Å²) >= 11 is 3.48. The molecule has 140 valence electrons. The lowest BCUT2D eigenvalue weighted by molar-refractivity contribution is -0.130. The summed E-state index contributed by atoms with van der Waals surface area (Å²) in [5, 5.41) is 0. The van der Waals surface area contributed by atoms with Crippen molar-refractivity contribution in [1.29, 1.82) is 0 Å². The largest absolute Gasteiger partial charge is 0.490 e. The van der Waals surface area contributed by atoms with Crippen molar-refractivity contribution in [3.63, 3.8) is 0 Å². The Morgan fingerprint density at radius 3 is 2.36 bits per heavy atom. The van der Waals surface area contributed by atoms with Gasteiger partial charge in [0.2, 0.25) is 5.91 Å². The number of ether oxygens (including phenoxy) is 2. The van der Waals surface area contributed by atoms with Crippen LogP contribution in [0.2, 0.25) is 0 Å². The van der Waals surface area contributed by atoms with Gasteiger partial charge in [0, 0.05) is 17.6 Å². The molecule has 6 nitrogen and oxygen atoms in total. The highest BCUT2D eigenvalue weighted by Crippen LogP contribution is 2.34. The topological polar surface area (TPSA) is 72.9 Å². The summed E-state index contributed by atoms with van der Waals surface area (Å²) in [6.45, 7) is 4.79. The van der Waals surface area contributed by atoms with E-state index in [1.54, 1.807) is 24.1 Å². The van der Waals surface area contributed by atoms with Gasteiger partial charge in [-0.15, -0.1) is 0 Å². The maximum atomic E-state index is 12.6. The molecule has 1 fully saturated rings. The van der Waals surface area contributed by atoms with Crippen molar-refractivity contribution in [2.45, 2.75) is 32.7 Å². The number of likely N-dealkylation sites (N-methyl/N-ethyl adjacent to an activating group) is 1. The van der Waals surface area contributed by atoms with Gasteiger partial charge in [0.1, 0.15) is 0 Å². The van der Waals surface area contributed by atoms with E-state index in [1.165, 1.54) is 0 Å². The van der Waals surface area contributed by atoms with Crippen molar-refractivity contribution in [2.24, 2.45) is 0 Å². The Morgan fingerprint density at radius 2 is 1.84 bits per heavy atom. The molecule has 0 aliphatic carbocycles. The third-order valence-corrected chi connectivity index (χ3v) is 6.69. The summed E-state index contributed by atoms with van der Waals surface area (Å²) in [6.07, 6.45) is 0.666. The minimum atomic E-state index is -3.02. The summed E-state index contributed by atoms with van der Waals surface area (Å²) in [5.41, 5.74) is 0.782. The minimum absolute atomic E-state index is 0.0455. The molecular weight excluding hydrogens is 410 g/mol. The molecule has 0 radical (unpaired) electrons. The Kier molecular flexibility index (Phi) is 6.73. The van der Waals surface area contributed by atoms with Crippen LogP contribution in [0, 0.1) is 0 Å². The van der Waals surface area contributed by atoms with Gasteiger partial charge in [0.05, 0.1) is 31.1 Å². The van der Waals surface area contributed by atoms with Crippen LogP contribution < -0.4 is 9.47 Å². The lowest BCUT2D eigenvalue weighted by Gasteiger charge is -2.24. The first-order valence-corrected chi connectivity index (χ1v) is 10.9. The number of carbonyl (C=O) groups excluding carboxylic acids is 1. The van der Waals surface area contributed by atoms with Crippen LogP contribution in [0.3, 0.4) is 0 Å². The number of nitrogens with zero attached hydrogens (tertiary/aromatic N) is 1. The van der Waals surface area contributed by atoms with Gasteiger partial charge in [-0.25, -0.2) is 8.42 Å². The van der Waals surface area contributed by atoms with Crippen molar-refractivity contribution in [1.82, 2.24) is 4.90 Å². The number of amides is 1. The van der Waals surface area contributed by atoms with Crippen molar-refractivity contribution in [3.05, 3.63) is 22.2 Å². The lowest BCUT2D eigenvalue weighted by atomic mass is 10.1. The van der Waals surface area contributed by atoms with Crippen molar-refractivity contribution in [3.8, 4) is 11.5 Å². The molecule has 0 spiro atoms. The van der Waals surface area contributed by atoms with Crippen LogP contribution in [0.5, 0.6) is 11.5 Å². The summed E-state index contributed by atoms with van der Waals surface area (Å²) < 4.78 is 35.2. The molecule has 1 amide bonds. The van der Waals surface area contributed by atoms with E-state index < -0.39 is 9.84 Å². The van der Waals surface area contributed by atoms with Gasteiger partial charge in [-0.1, -0.05) is 15.9 Å². The number of hydrogen-bond donors (Lipinski definition) is 0. The highest BCUT2D eigenvalue weighted by atomic mass is 79.9. The third kappa shape index (κ3) is 5.10. The Labute approximate surface area is 157 Å². The zero-order valence-electron chi connectivity index (χ0n) is 14.7. The highest BCUT2D eigenvalue weighted by molar-refractivity contribution is 9.10. The maximum absolute atomic E-state index is 12.6. The Morgan fingerprint density at radius 1 is 1.24 bits per heavy atom. The average molecular weight is 434 g/mol. The first kappa shape index (κ1) is 20.0. The fourth-order valence-corrected chi connectivity index (χ4v) is 5.06. The van der Waals surface area contributed by atoms with E-state index in [9.17, 15) is 13.2 Å². The van der Waals surface area contributed by atoms with E-state index >= 15 is 0 Å². The molecule has 1 aromatic rings.